The number of nitrogens with zero attached hydrogens (tertiary/aromatic N) is 2. The summed E-state index contributed by atoms with van der Waals surface area (Å²) in [5.74, 6) is -2.63. The van der Waals surface area contributed by atoms with Crippen molar-refractivity contribution in [3.8, 4) is 5.75 Å². The summed E-state index contributed by atoms with van der Waals surface area (Å²) in [4.78, 5) is 28.0. The summed E-state index contributed by atoms with van der Waals surface area (Å²) in [6.07, 6.45) is -11.2. The van der Waals surface area contributed by atoms with Gasteiger partial charge in [0, 0.05) is 5.39 Å². The lowest BCUT2D eigenvalue weighted by Gasteiger charge is -2.34. The van der Waals surface area contributed by atoms with E-state index in [0.29, 0.717) is 11.6 Å². The lowest BCUT2D eigenvalue weighted by Crippen LogP contribution is -2.52. The highest BCUT2D eigenvalue weighted by Gasteiger charge is 2.62. The second kappa shape index (κ2) is 12.8. The molecule has 0 radical (unpaired) electrons. The van der Waals surface area contributed by atoms with Gasteiger partial charge in [-0.1, -0.05) is 36.4 Å². The van der Waals surface area contributed by atoms with Crippen molar-refractivity contribution in [2.75, 3.05) is 12.3 Å². The number of hydrogen-bond acceptors (Lipinski definition) is 10. The van der Waals surface area contributed by atoms with Gasteiger partial charge in [0.15, 0.2) is 29.6 Å². The Hall–Kier alpha value is -3.14. The molecule has 234 valence electrons. The van der Waals surface area contributed by atoms with Gasteiger partial charge in [0.1, 0.15) is 17.9 Å². The lowest BCUT2D eigenvalue weighted by molar-refractivity contribution is -0.192. The van der Waals surface area contributed by atoms with Crippen LogP contribution in [0.4, 0.5) is 23.4 Å². The smallest absolute Gasteiger partial charge is 0.351 e. The van der Waals surface area contributed by atoms with Gasteiger partial charge in [-0.3, -0.25) is 9.36 Å². The number of alkyl halides is 3. The Kier molecular flexibility index (Phi) is 9.79. The van der Waals surface area contributed by atoms with Crippen LogP contribution in [-0.4, -0.2) is 63.7 Å². The summed E-state index contributed by atoms with van der Waals surface area (Å²) in [5, 5.41) is 14.7. The van der Waals surface area contributed by atoms with Crippen molar-refractivity contribution in [3.63, 3.8) is 0 Å². The molecular weight excluding hydrogens is 619 g/mol. The molecule has 1 saturated heterocycles. The zero-order valence-electron chi connectivity index (χ0n) is 23.0. The molecule has 1 fully saturated rings. The highest BCUT2D eigenvalue weighted by molar-refractivity contribution is 8.09. The highest BCUT2D eigenvalue weighted by Crippen LogP contribution is 2.50. The van der Waals surface area contributed by atoms with Gasteiger partial charge in [0.05, 0.1) is 18.9 Å². The number of halogens is 4. The van der Waals surface area contributed by atoms with Crippen LogP contribution in [0.1, 0.15) is 27.0 Å². The van der Waals surface area contributed by atoms with Crippen LogP contribution in [0.5, 0.6) is 5.75 Å². The fourth-order valence-corrected chi connectivity index (χ4v) is 6.73. The maximum atomic E-state index is 15.3. The molecule has 43 heavy (non-hydrogen) atoms. The molecule has 11 nitrogen and oxygen atoms in total. The Bertz CT molecular complexity index is 1590. The number of carbonyl (C=O) groups excluding carboxylic acids is 1. The number of hydrogen-bond donors (Lipinski definition) is 3. The zero-order chi connectivity index (χ0) is 31.7. The van der Waals surface area contributed by atoms with Crippen molar-refractivity contribution in [1.29, 1.82) is 0 Å². The number of carbonyl (C=O) groups is 1. The number of aromatic nitrogens is 2. The first-order valence-corrected chi connectivity index (χ1v) is 15.5. The van der Waals surface area contributed by atoms with Crippen molar-refractivity contribution < 1.29 is 46.0 Å². The minimum Gasteiger partial charge on any atom is -0.462 e. The van der Waals surface area contributed by atoms with Crippen molar-refractivity contribution >= 4 is 41.0 Å². The van der Waals surface area contributed by atoms with Crippen molar-refractivity contribution in [2.45, 2.75) is 63.4 Å². The van der Waals surface area contributed by atoms with Crippen LogP contribution in [0.2, 0.25) is 0 Å². The number of aliphatic hydroxyl groups is 1. The molecule has 0 spiro atoms. The molecule has 4 rings (SSSR count). The van der Waals surface area contributed by atoms with Gasteiger partial charge in [-0.2, -0.15) is 4.98 Å². The van der Waals surface area contributed by atoms with Crippen LogP contribution >= 0.6 is 6.64 Å². The van der Waals surface area contributed by atoms with E-state index in [-0.39, 0.29) is 10.3 Å². The van der Waals surface area contributed by atoms with Gasteiger partial charge in [-0.05, 0) is 44.0 Å². The zero-order valence-corrected chi connectivity index (χ0v) is 24.7. The molecule has 17 heteroatoms. The Morgan fingerprint density at radius 1 is 1.26 bits per heavy atom. The lowest BCUT2D eigenvalue weighted by atomic mass is 9.97. The number of rotatable bonds is 11. The average Bonchev–Trinajstić information content (AvgIpc) is 3.20. The van der Waals surface area contributed by atoms with Crippen molar-refractivity contribution in [3.05, 3.63) is 65.0 Å². The summed E-state index contributed by atoms with van der Waals surface area (Å²) in [6, 6.07) is 10.8. The van der Waals surface area contributed by atoms with Crippen LogP contribution in [0, 0.1) is 5.82 Å². The van der Waals surface area contributed by atoms with E-state index in [0.717, 1.165) is 5.39 Å². The van der Waals surface area contributed by atoms with E-state index in [1.807, 2.05) is 0 Å². The Morgan fingerprint density at radius 2 is 1.93 bits per heavy atom. The molecule has 0 bridgehead atoms. The van der Waals surface area contributed by atoms with E-state index in [4.69, 9.17) is 36.1 Å². The predicted molar refractivity (Wildman–Crippen MR) is 151 cm³/mol. The fraction of sp³-hybridized carbons (Fsp3) is 0.423. The van der Waals surface area contributed by atoms with Crippen LogP contribution < -0.4 is 21.0 Å². The Labute approximate surface area is 248 Å². The van der Waals surface area contributed by atoms with Gasteiger partial charge < -0.3 is 29.4 Å². The summed E-state index contributed by atoms with van der Waals surface area (Å²) in [5.41, 5.74) is 0.822. The molecule has 3 aromatic rings. The van der Waals surface area contributed by atoms with E-state index in [1.165, 1.54) is 13.0 Å². The Balaban J connectivity index is 1.69. The minimum atomic E-state index is -4.02. The fourth-order valence-electron chi connectivity index (χ4n) is 4.30. The van der Waals surface area contributed by atoms with E-state index >= 15 is 4.39 Å². The quantitative estimate of drug-likeness (QED) is 0.159. The molecule has 1 unspecified atom stereocenters. The van der Waals surface area contributed by atoms with E-state index in [9.17, 15) is 27.9 Å². The molecule has 0 aliphatic carbocycles. The number of benzene rings is 2. The number of nitrogens with two attached hydrogens (primary N) is 1. The number of ether oxygens (including phenoxy) is 2. The first kappa shape index (κ1) is 32.8. The summed E-state index contributed by atoms with van der Waals surface area (Å²) in [7, 11) is 0. The largest absolute Gasteiger partial charge is 0.462 e. The second-order valence-corrected chi connectivity index (χ2v) is 13.1. The number of anilines is 1. The Morgan fingerprint density at radius 3 is 2.60 bits per heavy atom. The topological polar surface area (TPSA) is 147 Å². The number of aliphatic hydroxyl groups excluding tert-OH is 1. The minimum absolute atomic E-state index is 0.175. The SMILES string of the molecule is CC(C)OC(=O)[C@H](C)NP(=S)(OC[C@@]1(C(F)F)O[C@@H](n2cc(F)c(N)nc2=O)[C@H](F)[C@@H]1O)Oc1cccc2ccccc12. The van der Waals surface area contributed by atoms with Crippen molar-refractivity contribution in [2.24, 2.45) is 0 Å². The van der Waals surface area contributed by atoms with E-state index in [2.05, 4.69) is 10.1 Å². The molecule has 0 saturated carbocycles. The van der Waals surface area contributed by atoms with Crippen LogP contribution in [0.15, 0.2) is 53.5 Å². The molecule has 2 aromatic carbocycles. The maximum Gasteiger partial charge on any atom is 0.351 e. The average molecular weight is 649 g/mol. The first-order chi connectivity index (χ1) is 20.2. The molecule has 0 amide bonds. The molecule has 6 atom stereocenters. The van der Waals surface area contributed by atoms with Crippen LogP contribution in [0.25, 0.3) is 10.8 Å². The second-order valence-electron chi connectivity index (χ2n) is 9.99. The standard InChI is InChI=1S/C26H29F4N4O7PS/c1-13(2)39-23(36)14(3)33-42(43,41-18-10-6-8-15-7-4-5-9-16(15)18)38-12-26(24(29)30)20(35)19(28)22(40-26)34-11-17(27)21(31)32-25(34)37/h4-11,13-14,19-20,22,24,35H,12H2,1-3H3,(H,33,43)(H2,31,32,37)/t14-,19+,20-,22+,26+,42?/m0/s1. The van der Waals surface area contributed by atoms with Crippen LogP contribution in [0.3, 0.4) is 0 Å². The molecule has 4 N–H and O–H groups in total. The van der Waals surface area contributed by atoms with Gasteiger partial charge in [0.25, 0.3) is 6.43 Å². The maximum absolute atomic E-state index is 15.3. The third-order valence-corrected chi connectivity index (χ3v) is 8.94. The van der Waals surface area contributed by atoms with Gasteiger partial charge >= 0.3 is 18.3 Å². The van der Waals surface area contributed by atoms with Crippen molar-refractivity contribution in [1.82, 2.24) is 14.6 Å². The number of esters is 1. The monoisotopic (exact) mass is 648 g/mol. The third-order valence-electron chi connectivity index (χ3n) is 6.48. The van der Waals surface area contributed by atoms with Gasteiger partial charge in [-0.25, -0.2) is 27.4 Å². The van der Waals surface area contributed by atoms with E-state index in [1.54, 1.807) is 50.2 Å². The van der Waals surface area contributed by atoms with Crippen LogP contribution in [-0.2, 0) is 30.6 Å². The van der Waals surface area contributed by atoms with Gasteiger partial charge in [-0.15, -0.1) is 0 Å². The highest BCUT2D eigenvalue weighted by atomic mass is 32.5. The molecular formula is C26H29F4N4O7PS. The predicted octanol–water partition coefficient (Wildman–Crippen LogP) is 3.60. The molecule has 1 aliphatic heterocycles. The summed E-state index contributed by atoms with van der Waals surface area (Å²) in [6.45, 7) is -0.673. The van der Waals surface area contributed by atoms with Gasteiger partial charge in [0.2, 0.25) is 0 Å². The number of nitrogen functional groups attached to an aromatic ring is 1. The van der Waals surface area contributed by atoms with E-state index < -0.39 is 79.2 Å². The normalized spacial score (nSPS) is 24.3. The summed E-state index contributed by atoms with van der Waals surface area (Å²) < 4.78 is 80.9. The molecule has 2 heterocycles. The third kappa shape index (κ3) is 6.84. The first-order valence-electron chi connectivity index (χ1n) is 12.9. The molecule has 1 aromatic heterocycles. The summed E-state index contributed by atoms with van der Waals surface area (Å²) >= 11 is 5.61. The molecule has 1 aliphatic rings. The number of nitrogens with one attached hydrogen (secondary N) is 1. The number of fused-ring (bicyclic) bond motifs is 1.